The Morgan fingerprint density at radius 1 is 1.39 bits per heavy atom. The van der Waals surface area contributed by atoms with Gasteiger partial charge < -0.3 is 9.63 Å². The molecule has 3 rings (SSSR count). The van der Waals surface area contributed by atoms with Gasteiger partial charge in [0.05, 0.1) is 12.6 Å². The highest BCUT2D eigenvalue weighted by Crippen LogP contribution is 2.34. The number of aliphatic hydroxyl groups is 1. The first-order chi connectivity index (χ1) is 10.9. The lowest BCUT2D eigenvalue weighted by atomic mass is 10.0. The highest BCUT2D eigenvalue weighted by Gasteiger charge is 2.34. The number of likely N-dealkylation sites (tertiary alicyclic amines) is 1. The molecule has 124 valence electrons. The molecule has 2 atom stereocenters. The second-order valence-corrected chi connectivity index (χ2v) is 6.20. The van der Waals surface area contributed by atoms with E-state index < -0.39 is 23.8 Å². The quantitative estimate of drug-likeness (QED) is 0.937. The Bertz CT molecular complexity index is 690. The van der Waals surface area contributed by atoms with Gasteiger partial charge in [0, 0.05) is 24.1 Å². The van der Waals surface area contributed by atoms with Crippen molar-refractivity contribution in [3.05, 3.63) is 47.1 Å². The first-order valence-electron chi connectivity index (χ1n) is 7.63. The number of hydrogen-bond donors (Lipinski definition) is 1. The van der Waals surface area contributed by atoms with Crippen molar-refractivity contribution in [3.63, 3.8) is 0 Å². The molecule has 1 aromatic carbocycles. The van der Waals surface area contributed by atoms with Crippen LogP contribution in [-0.4, -0.2) is 32.8 Å². The Morgan fingerprint density at radius 3 is 2.87 bits per heavy atom. The number of aliphatic hydroxyl groups excluding tert-OH is 1. The average molecular weight is 323 g/mol. The number of hydrogen-bond acceptors (Lipinski definition) is 5. The molecule has 1 aliphatic rings. The van der Waals surface area contributed by atoms with E-state index in [2.05, 4.69) is 10.1 Å². The predicted octanol–water partition coefficient (Wildman–Crippen LogP) is 2.78. The fraction of sp³-hybridized carbons (Fsp3) is 0.500. The number of halogens is 2. The summed E-state index contributed by atoms with van der Waals surface area (Å²) in [6.45, 7) is 4.56. The molecule has 0 aliphatic carbocycles. The van der Waals surface area contributed by atoms with Crippen LogP contribution in [0.1, 0.15) is 49.5 Å². The van der Waals surface area contributed by atoms with Crippen LogP contribution in [0.4, 0.5) is 8.78 Å². The summed E-state index contributed by atoms with van der Waals surface area (Å²) < 4.78 is 32.7. The van der Waals surface area contributed by atoms with E-state index in [1.807, 2.05) is 18.7 Å². The van der Waals surface area contributed by atoms with Crippen LogP contribution >= 0.6 is 0 Å². The smallest absolute Gasteiger partial charge is 0.229 e. The minimum absolute atomic E-state index is 0.122. The van der Waals surface area contributed by atoms with Crippen LogP contribution in [0.15, 0.2) is 22.7 Å². The monoisotopic (exact) mass is 323 g/mol. The maximum Gasteiger partial charge on any atom is 0.229 e. The lowest BCUT2D eigenvalue weighted by Gasteiger charge is -2.23. The maximum atomic E-state index is 14.0. The highest BCUT2D eigenvalue weighted by molar-refractivity contribution is 5.24. The van der Waals surface area contributed by atoms with Gasteiger partial charge in [0.25, 0.3) is 0 Å². The Kier molecular flexibility index (Phi) is 4.41. The summed E-state index contributed by atoms with van der Waals surface area (Å²) in [6.07, 6.45) is -0.255. The average Bonchev–Trinajstić information content (AvgIpc) is 3.09. The van der Waals surface area contributed by atoms with Crippen molar-refractivity contribution in [2.45, 2.75) is 44.9 Å². The van der Waals surface area contributed by atoms with Crippen molar-refractivity contribution in [1.82, 2.24) is 15.0 Å². The van der Waals surface area contributed by atoms with Gasteiger partial charge in [-0.15, -0.1) is 0 Å². The molecular formula is C16H19F2N3O2. The van der Waals surface area contributed by atoms with E-state index in [-0.39, 0.29) is 11.5 Å². The van der Waals surface area contributed by atoms with Gasteiger partial charge in [-0.1, -0.05) is 19.0 Å². The zero-order valence-electron chi connectivity index (χ0n) is 13.0. The van der Waals surface area contributed by atoms with Gasteiger partial charge in [0.2, 0.25) is 5.89 Å². The Hall–Kier alpha value is -1.86. The molecule has 1 aromatic heterocycles. The van der Waals surface area contributed by atoms with E-state index in [9.17, 15) is 13.9 Å². The second kappa shape index (κ2) is 6.33. The normalized spacial score (nSPS) is 22.2. The number of benzene rings is 1. The molecule has 1 saturated heterocycles. The van der Waals surface area contributed by atoms with Gasteiger partial charge in [0.1, 0.15) is 11.6 Å². The maximum absolute atomic E-state index is 14.0. The molecule has 1 fully saturated rings. The summed E-state index contributed by atoms with van der Waals surface area (Å²) in [6, 6.07) is 2.96. The van der Waals surface area contributed by atoms with Crippen LogP contribution in [0.3, 0.4) is 0 Å². The van der Waals surface area contributed by atoms with E-state index in [0.717, 1.165) is 12.1 Å². The van der Waals surface area contributed by atoms with Crippen LogP contribution in [-0.2, 0) is 6.54 Å². The lowest BCUT2D eigenvalue weighted by Crippen LogP contribution is -2.25. The van der Waals surface area contributed by atoms with E-state index >= 15 is 0 Å². The van der Waals surface area contributed by atoms with Crippen molar-refractivity contribution in [3.8, 4) is 0 Å². The SMILES string of the molecule is CC(C)c1nc(CN2C[C@H](O)C[C@@H]2c2cc(F)ccc2F)no1. The second-order valence-electron chi connectivity index (χ2n) is 6.20. The Balaban J connectivity index is 1.83. The molecule has 0 radical (unpaired) electrons. The van der Waals surface area contributed by atoms with Gasteiger partial charge in [-0.3, -0.25) is 4.90 Å². The van der Waals surface area contributed by atoms with Gasteiger partial charge in [0.15, 0.2) is 5.82 Å². The van der Waals surface area contributed by atoms with Crippen molar-refractivity contribution in [2.75, 3.05) is 6.54 Å². The summed E-state index contributed by atoms with van der Waals surface area (Å²) in [5, 5.41) is 13.9. The summed E-state index contributed by atoms with van der Waals surface area (Å²) in [4.78, 5) is 6.14. The first-order valence-corrected chi connectivity index (χ1v) is 7.63. The van der Waals surface area contributed by atoms with Crippen molar-refractivity contribution in [1.29, 1.82) is 0 Å². The summed E-state index contributed by atoms with van der Waals surface area (Å²) >= 11 is 0. The molecule has 0 saturated carbocycles. The predicted molar refractivity (Wildman–Crippen MR) is 78.5 cm³/mol. The van der Waals surface area contributed by atoms with E-state index in [1.54, 1.807) is 0 Å². The zero-order valence-corrected chi connectivity index (χ0v) is 13.0. The van der Waals surface area contributed by atoms with Gasteiger partial charge in [-0.2, -0.15) is 4.98 Å². The minimum atomic E-state index is -0.598. The van der Waals surface area contributed by atoms with Crippen LogP contribution in [0.2, 0.25) is 0 Å². The van der Waals surface area contributed by atoms with Crippen LogP contribution < -0.4 is 0 Å². The molecule has 1 aliphatic heterocycles. The molecule has 7 heteroatoms. The number of aromatic nitrogens is 2. The van der Waals surface area contributed by atoms with Crippen molar-refractivity contribution >= 4 is 0 Å². The van der Waals surface area contributed by atoms with E-state index in [4.69, 9.17) is 4.52 Å². The third-order valence-electron chi connectivity index (χ3n) is 4.02. The molecule has 1 N–H and O–H groups in total. The van der Waals surface area contributed by atoms with Crippen LogP contribution in [0.25, 0.3) is 0 Å². The third kappa shape index (κ3) is 3.40. The number of rotatable bonds is 4. The molecule has 0 spiro atoms. The summed E-state index contributed by atoms with van der Waals surface area (Å²) in [7, 11) is 0. The molecule has 0 unspecified atom stereocenters. The molecule has 23 heavy (non-hydrogen) atoms. The van der Waals surface area contributed by atoms with Crippen LogP contribution in [0, 0.1) is 11.6 Å². The Labute approximate surface area is 132 Å². The third-order valence-corrected chi connectivity index (χ3v) is 4.02. The fourth-order valence-electron chi connectivity index (χ4n) is 2.90. The topological polar surface area (TPSA) is 62.4 Å². The van der Waals surface area contributed by atoms with E-state index in [0.29, 0.717) is 31.2 Å². The van der Waals surface area contributed by atoms with Crippen molar-refractivity contribution in [2.24, 2.45) is 0 Å². The number of β-amino-alcohol motifs (C(OH)–C–C–N with tert-alkyl or cyclic N) is 1. The molecule has 2 aromatic rings. The lowest BCUT2D eigenvalue weighted by molar-refractivity contribution is 0.170. The standard InChI is InChI=1S/C16H19F2N3O2/c1-9(2)16-19-15(20-23-16)8-21-7-11(22)6-14(21)12-5-10(17)3-4-13(12)18/h3-5,9,11,14,22H,6-8H2,1-2H3/t11-,14-/m1/s1. The first kappa shape index (κ1) is 16.0. The van der Waals surface area contributed by atoms with Gasteiger partial charge in [-0.25, -0.2) is 8.78 Å². The summed E-state index contributed by atoms with van der Waals surface area (Å²) in [5.41, 5.74) is 0.245. The Morgan fingerprint density at radius 2 is 2.17 bits per heavy atom. The van der Waals surface area contributed by atoms with Crippen LogP contribution in [0.5, 0.6) is 0 Å². The fourth-order valence-corrected chi connectivity index (χ4v) is 2.90. The highest BCUT2D eigenvalue weighted by atomic mass is 19.1. The minimum Gasteiger partial charge on any atom is -0.392 e. The molecule has 0 bridgehead atoms. The molecule has 2 heterocycles. The largest absolute Gasteiger partial charge is 0.392 e. The van der Waals surface area contributed by atoms with Gasteiger partial charge in [-0.05, 0) is 24.6 Å². The van der Waals surface area contributed by atoms with E-state index in [1.165, 1.54) is 6.07 Å². The van der Waals surface area contributed by atoms with Crippen molar-refractivity contribution < 1.29 is 18.4 Å². The van der Waals surface area contributed by atoms with Gasteiger partial charge >= 0.3 is 0 Å². The summed E-state index contributed by atoms with van der Waals surface area (Å²) in [5.74, 6) is 0.158. The zero-order chi connectivity index (χ0) is 16.6. The number of nitrogens with zero attached hydrogens (tertiary/aromatic N) is 3. The molecule has 5 nitrogen and oxygen atoms in total. The molecular weight excluding hydrogens is 304 g/mol. The molecule has 0 amide bonds.